The zero-order valence-electron chi connectivity index (χ0n) is 12.4. The van der Waals surface area contributed by atoms with E-state index in [0.29, 0.717) is 5.92 Å². The predicted octanol–water partition coefficient (Wildman–Crippen LogP) is 5.00. The highest BCUT2D eigenvalue weighted by molar-refractivity contribution is 9.10. The minimum absolute atomic E-state index is 0.0698. The minimum atomic E-state index is -0.0698. The van der Waals surface area contributed by atoms with Crippen LogP contribution in [0.3, 0.4) is 0 Å². The zero-order chi connectivity index (χ0) is 14.7. The minimum Gasteiger partial charge on any atom is -0.320 e. The Bertz CT molecular complexity index is 590. The number of halogens is 1. The molecule has 0 aromatic heterocycles. The van der Waals surface area contributed by atoms with Crippen LogP contribution in [-0.4, -0.2) is 0 Å². The van der Waals surface area contributed by atoms with Crippen LogP contribution in [0.15, 0.2) is 46.9 Å². The molecule has 1 nitrogen and oxygen atoms in total. The van der Waals surface area contributed by atoms with E-state index in [1.807, 2.05) is 0 Å². The van der Waals surface area contributed by atoms with Crippen molar-refractivity contribution < 1.29 is 0 Å². The molecule has 0 amide bonds. The Morgan fingerprint density at radius 2 is 1.85 bits per heavy atom. The van der Waals surface area contributed by atoms with Crippen LogP contribution < -0.4 is 5.73 Å². The molecule has 20 heavy (non-hydrogen) atoms. The van der Waals surface area contributed by atoms with E-state index in [1.165, 1.54) is 22.3 Å². The highest BCUT2D eigenvalue weighted by atomic mass is 79.9. The van der Waals surface area contributed by atoms with Crippen LogP contribution in [0.2, 0.25) is 0 Å². The fourth-order valence-electron chi connectivity index (χ4n) is 2.51. The molecule has 0 saturated heterocycles. The van der Waals surface area contributed by atoms with Gasteiger partial charge in [0.1, 0.15) is 0 Å². The summed E-state index contributed by atoms with van der Waals surface area (Å²) in [5.74, 6) is 0.661. The predicted molar refractivity (Wildman–Crippen MR) is 89.9 cm³/mol. The van der Waals surface area contributed by atoms with Crippen LogP contribution in [-0.2, 0) is 6.42 Å². The van der Waals surface area contributed by atoms with Crippen molar-refractivity contribution in [1.82, 2.24) is 0 Å². The Labute approximate surface area is 130 Å². The molecule has 0 aliphatic carbocycles. The Balaban J connectivity index is 2.33. The largest absolute Gasteiger partial charge is 0.320 e. The van der Waals surface area contributed by atoms with Crippen LogP contribution in [0, 0.1) is 12.8 Å². The van der Waals surface area contributed by atoms with Crippen LogP contribution in [0.4, 0.5) is 0 Å². The van der Waals surface area contributed by atoms with Gasteiger partial charge in [0.2, 0.25) is 0 Å². The molecule has 0 bridgehead atoms. The van der Waals surface area contributed by atoms with Crippen molar-refractivity contribution in [2.75, 3.05) is 0 Å². The summed E-state index contributed by atoms with van der Waals surface area (Å²) in [4.78, 5) is 0. The van der Waals surface area contributed by atoms with E-state index in [4.69, 9.17) is 5.73 Å². The van der Waals surface area contributed by atoms with E-state index in [0.717, 1.165) is 10.9 Å². The van der Waals surface area contributed by atoms with Gasteiger partial charge in [-0.15, -0.1) is 0 Å². The number of nitrogens with two attached hydrogens (primary N) is 1. The molecule has 2 rings (SSSR count). The molecule has 2 heteroatoms. The number of benzene rings is 2. The van der Waals surface area contributed by atoms with Gasteiger partial charge in [0.15, 0.2) is 0 Å². The molecule has 0 fully saturated rings. The summed E-state index contributed by atoms with van der Waals surface area (Å²) < 4.78 is 1.08. The lowest BCUT2D eigenvalue weighted by atomic mass is 9.93. The third kappa shape index (κ3) is 3.71. The summed E-state index contributed by atoms with van der Waals surface area (Å²) in [5.41, 5.74) is 11.4. The first-order chi connectivity index (χ1) is 9.47. The molecule has 0 heterocycles. The Hall–Kier alpha value is -1.12. The van der Waals surface area contributed by atoms with Gasteiger partial charge in [-0.3, -0.25) is 0 Å². The molecule has 2 aromatic carbocycles. The highest BCUT2D eigenvalue weighted by Crippen LogP contribution is 2.26. The Morgan fingerprint density at radius 3 is 2.55 bits per heavy atom. The number of hydrogen-bond donors (Lipinski definition) is 1. The van der Waals surface area contributed by atoms with Gasteiger partial charge < -0.3 is 5.73 Å². The molecular formula is C18H22BrN. The van der Waals surface area contributed by atoms with E-state index in [-0.39, 0.29) is 6.04 Å². The standard InChI is InChI=1S/C18H22BrN/c1-12(2)9-14-5-4-6-15(10-14)18(20)17-11-16(19)8-7-13(17)3/h4-8,10-12,18H,9,20H2,1-3H3. The maximum absolute atomic E-state index is 6.46. The first kappa shape index (κ1) is 15.3. The fourth-order valence-corrected chi connectivity index (χ4v) is 2.89. The van der Waals surface area contributed by atoms with E-state index in [1.54, 1.807) is 0 Å². The lowest BCUT2D eigenvalue weighted by Crippen LogP contribution is -2.13. The second-order valence-electron chi connectivity index (χ2n) is 5.82. The first-order valence-electron chi connectivity index (χ1n) is 7.08. The molecule has 1 atom stereocenters. The second kappa shape index (κ2) is 6.55. The highest BCUT2D eigenvalue weighted by Gasteiger charge is 2.12. The Morgan fingerprint density at radius 1 is 1.10 bits per heavy atom. The Kier molecular flexibility index (Phi) is 5.00. The van der Waals surface area contributed by atoms with Crippen molar-refractivity contribution in [1.29, 1.82) is 0 Å². The quantitative estimate of drug-likeness (QED) is 0.837. The maximum Gasteiger partial charge on any atom is 0.0554 e. The SMILES string of the molecule is Cc1ccc(Br)cc1C(N)c1cccc(CC(C)C)c1. The molecule has 106 valence electrons. The molecule has 2 N–H and O–H groups in total. The third-order valence-electron chi connectivity index (χ3n) is 3.53. The van der Waals surface area contributed by atoms with Crippen molar-refractivity contribution in [3.63, 3.8) is 0 Å². The summed E-state index contributed by atoms with van der Waals surface area (Å²) in [7, 11) is 0. The molecule has 1 unspecified atom stereocenters. The van der Waals surface area contributed by atoms with Gasteiger partial charge in [-0.05, 0) is 53.6 Å². The van der Waals surface area contributed by atoms with Crippen molar-refractivity contribution in [2.24, 2.45) is 11.7 Å². The van der Waals surface area contributed by atoms with Gasteiger partial charge >= 0.3 is 0 Å². The average Bonchev–Trinajstić information content (AvgIpc) is 2.40. The van der Waals surface area contributed by atoms with E-state index in [2.05, 4.69) is 79.2 Å². The van der Waals surface area contributed by atoms with Crippen molar-refractivity contribution in [3.8, 4) is 0 Å². The number of aryl methyl sites for hydroxylation is 1. The van der Waals surface area contributed by atoms with Gasteiger partial charge in [0, 0.05) is 4.47 Å². The average molecular weight is 332 g/mol. The van der Waals surface area contributed by atoms with Gasteiger partial charge in [0.05, 0.1) is 6.04 Å². The van der Waals surface area contributed by atoms with Gasteiger partial charge in [-0.1, -0.05) is 60.1 Å². The summed E-state index contributed by atoms with van der Waals surface area (Å²) in [6.45, 7) is 6.59. The number of hydrogen-bond acceptors (Lipinski definition) is 1. The topological polar surface area (TPSA) is 26.0 Å². The van der Waals surface area contributed by atoms with Crippen molar-refractivity contribution in [2.45, 2.75) is 33.2 Å². The first-order valence-corrected chi connectivity index (χ1v) is 7.87. The molecular weight excluding hydrogens is 310 g/mol. The summed E-state index contributed by atoms with van der Waals surface area (Å²) in [6.07, 6.45) is 1.10. The van der Waals surface area contributed by atoms with Crippen LogP contribution in [0.25, 0.3) is 0 Å². The molecule has 0 saturated carbocycles. The van der Waals surface area contributed by atoms with Crippen LogP contribution in [0.1, 0.15) is 42.1 Å². The fraction of sp³-hybridized carbons (Fsp3) is 0.333. The van der Waals surface area contributed by atoms with E-state index < -0.39 is 0 Å². The van der Waals surface area contributed by atoms with E-state index in [9.17, 15) is 0 Å². The maximum atomic E-state index is 6.46. The van der Waals surface area contributed by atoms with Gasteiger partial charge in [-0.2, -0.15) is 0 Å². The van der Waals surface area contributed by atoms with Crippen LogP contribution >= 0.6 is 15.9 Å². The molecule has 0 aliphatic heterocycles. The summed E-state index contributed by atoms with van der Waals surface area (Å²) >= 11 is 3.53. The van der Waals surface area contributed by atoms with Gasteiger partial charge in [0.25, 0.3) is 0 Å². The summed E-state index contributed by atoms with van der Waals surface area (Å²) in [5, 5.41) is 0. The molecule has 2 aromatic rings. The van der Waals surface area contributed by atoms with Crippen molar-refractivity contribution in [3.05, 3.63) is 69.2 Å². The number of rotatable bonds is 4. The molecule has 0 aliphatic rings. The zero-order valence-corrected chi connectivity index (χ0v) is 13.9. The summed E-state index contributed by atoms with van der Waals surface area (Å²) in [6, 6.07) is 14.9. The molecule has 0 radical (unpaired) electrons. The lowest BCUT2D eigenvalue weighted by Gasteiger charge is -2.17. The second-order valence-corrected chi connectivity index (χ2v) is 6.74. The van der Waals surface area contributed by atoms with Crippen LogP contribution in [0.5, 0.6) is 0 Å². The molecule has 0 spiro atoms. The lowest BCUT2D eigenvalue weighted by molar-refractivity contribution is 0.646. The smallest absolute Gasteiger partial charge is 0.0554 e. The van der Waals surface area contributed by atoms with Crippen molar-refractivity contribution >= 4 is 15.9 Å². The normalized spacial score (nSPS) is 12.7. The third-order valence-corrected chi connectivity index (χ3v) is 4.02. The monoisotopic (exact) mass is 331 g/mol. The van der Waals surface area contributed by atoms with E-state index >= 15 is 0 Å². The van der Waals surface area contributed by atoms with Gasteiger partial charge in [-0.25, -0.2) is 0 Å².